The molecule has 4 nitrogen and oxygen atoms in total. The number of ether oxygens (including phenoxy) is 2. The van der Waals surface area contributed by atoms with Gasteiger partial charge in [-0.3, -0.25) is 0 Å². The van der Waals surface area contributed by atoms with Gasteiger partial charge in [-0.05, 0) is 12.1 Å². The quantitative estimate of drug-likeness (QED) is 0.734. The number of rotatable bonds is 1. The molecule has 0 unspecified atom stereocenters. The van der Waals surface area contributed by atoms with E-state index in [0.29, 0.717) is 24.7 Å². The van der Waals surface area contributed by atoms with Crippen LogP contribution in [0.1, 0.15) is 0 Å². The Morgan fingerprint density at radius 2 is 2.21 bits per heavy atom. The summed E-state index contributed by atoms with van der Waals surface area (Å²) in [5.41, 5.74) is 5.43. The lowest BCUT2D eigenvalue weighted by molar-refractivity contribution is 0.0964. The number of halogens is 1. The summed E-state index contributed by atoms with van der Waals surface area (Å²) in [5, 5.41) is 9.18. The van der Waals surface area contributed by atoms with Crippen LogP contribution in [-0.2, 0) is 0 Å². The van der Waals surface area contributed by atoms with Crippen molar-refractivity contribution in [3.63, 3.8) is 0 Å². The first kappa shape index (κ1) is 10.9. The van der Waals surface area contributed by atoms with Crippen LogP contribution in [0.3, 0.4) is 0 Å². The highest BCUT2D eigenvalue weighted by Gasteiger charge is 2.19. The van der Waals surface area contributed by atoms with Gasteiger partial charge in [0.05, 0.1) is 0 Å². The third kappa shape index (κ3) is 2.02. The Morgan fingerprint density at radius 3 is 2.93 bits per heavy atom. The highest BCUT2D eigenvalue weighted by molar-refractivity contribution is 5.85. The summed E-state index contributed by atoms with van der Waals surface area (Å²) >= 11 is 0. The van der Waals surface area contributed by atoms with Crippen LogP contribution in [0.4, 0.5) is 0 Å². The molecular weight excluding hydrogens is 206 g/mol. The zero-order chi connectivity index (χ0) is 9.26. The molecule has 0 saturated heterocycles. The Balaban J connectivity index is 0.000000980. The normalized spacial score (nSPS) is 18.5. The summed E-state index contributed by atoms with van der Waals surface area (Å²) in [7, 11) is 0. The van der Waals surface area contributed by atoms with Crippen molar-refractivity contribution >= 4 is 12.4 Å². The van der Waals surface area contributed by atoms with Crippen LogP contribution in [-0.4, -0.2) is 24.4 Å². The lowest BCUT2D eigenvalue weighted by Crippen LogP contribution is -2.35. The molecule has 78 valence electrons. The van der Waals surface area contributed by atoms with Gasteiger partial charge in [0.25, 0.3) is 0 Å². The van der Waals surface area contributed by atoms with Crippen LogP contribution >= 0.6 is 12.4 Å². The smallest absolute Gasteiger partial charge is 0.165 e. The molecule has 2 rings (SSSR count). The first-order valence-corrected chi connectivity index (χ1v) is 4.12. The van der Waals surface area contributed by atoms with Gasteiger partial charge >= 0.3 is 0 Å². The molecule has 1 aliphatic heterocycles. The molecule has 0 fully saturated rings. The van der Waals surface area contributed by atoms with Gasteiger partial charge in [-0.1, -0.05) is 0 Å². The second-order valence-electron chi connectivity index (χ2n) is 2.92. The Labute approximate surface area is 88.0 Å². The summed E-state index contributed by atoms with van der Waals surface area (Å²) in [6.45, 7) is 0.878. The monoisotopic (exact) mass is 217 g/mol. The van der Waals surface area contributed by atoms with E-state index in [1.54, 1.807) is 12.1 Å². The highest BCUT2D eigenvalue weighted by Crippen LogP contribution is 2.34. The number of hydrogen-bond acceptors (Lipinski definition) is 4. The molecule has 1 aromatic rings. The van der Waals surface area contributed by atoms with Gasteiger partial charge in [-0.25, -0.2) is 0 Å². The molecule has 1 atom stereocenters. The number of benzene rings is 1. The molecule has 0 amide bonds. The standard InChI is InChI=1S/C9H11NO3.ClH/c10-4-7-5-12-8-2-1-6(11)3-9(8)13-7;/h1-3,7,11H,4-5,10H2;1H/t7-;/m0./s1. The minimum atomic E-state index is -0.116. The molecular formula is C9H12ClNO3. The third-order valence-electron chi connectivity index (χ3n) is 1.91. The second kappa shape index (κ2) is 4.39. The first-order chi connectivity index (χ1) is 6.29. The zero-order valence-electron chi connectivity index (χ0n) is 7.47. The minimum Gasteiger partial charge on any atom is -0.508 e. The average Bonchev–Trinajstić information content (AvgIpc) is 2.16. The minimum absolute atomic E-state index is 0. The molecule has 3 N–H and O–H groups in total. The average molecular weight is 218 g/mol. The summed E-state index contributed by atoms with van der Waals surface area (Å²) < 4.78 is 10.8. The van der Waals surface area contributed by atoms with Crippen molar-refractivity contribution in [3.05, 3.63) is 18.2 Å². The van der Waals surface area contributed by atoms with Crippen molar-refractivity contribution in [2.24, 2.45) is 5.73 Å². The van der Waals surface area contributed by atoms with Crippen molar-refractivity contribution in [1.29, 1.82) is 0 Å². The van der Waals surface area contributed by atoms with Crippen molar-refractivity contribution in [1.82, 2.24) is 0 Å². The lowest BCUT2D eigenvalue weighted by atomic mass is 10.2. The number of aromatic hydroxyl groups is 1. The number of nitrogens with two attached hydrogens (primary N) is 1. The van der Waals surface area contributed by atoms with E-state index < -0.39 is 0 Å². The zero-order valence-corrected chi connectivity index (χ0v) is 8.29. The Morgan fingerprint density at radius 1 is 1.43 bits per heavy atom. The molecule has 1 heterocycles. The van der Waals surface area contributed by atoms with E-state index in [2.05, 4.69) is 0 Å². The molecule has 5 heteroatoms. The molecule has 0 aliphatic carbocycles. The van der Waals surface area contributed by atoms with Crippen molar-refractivity contribution in [3.8, 4) is 17.2 Å². The van der Waals surface area contributed by atoms with Crippen molar-refractivity contribution in [2.75, 3.05) is 13.2 Å². The van der Waals surface area contributed by atoms with Gasteiger partial charge in [0.1, 0.15) is 18.5 Å². The van der Waals surface area contributed by atoms with Gasteiger partial charge < -0.3 is 20.3 Å². The maximum absolute atomic E-state index is 9.18. The Bertz CT molecular complexity index is 319. The number of phenols is 1. The van der Waals surface area contributed by atoms with Gasteiger partial charge in [-0.15, -0.1) is 12.4 Å². The molecule has 1 aliphatic rings. The molecule has 0 bridgehead atoms. The maximum atomic E-state index is 9.18. The van der Waals surface area contributed by atoms with Gasteiger partial charge in [0, 0.05) is 12.6 Å². The number of phenolic OH excluding ortho intramolecular Hbond substituents is 1. The molecule has 1 aromatic carbocycles. The van der Waals surface area contributed by atoms with E-state index in [9.17, 15) is 5.11 Å². The van der Waals surface area contributed by atoms with Gasteiger partial charge in [-0.2, -0.15) is 0 Å². The van der Waals surface area contributed by atoms with Gasteiger partial charge in [0.15, 0.2) is 11.5 Å². The van der Waals surface area contributed by atoms with Crippen LogP contribution in [0.5, 0.6) is 17.2 Å². The van der Waals surface area contributed by atoms with E-state index in [1.807, 2.05) is 0 Å². The van der Waals surface area contributed by atoms with E-state index in [1.165, 1.54) is 6.07 Å². The van der Waals surface area contributed by atoms with E-state index in [-0.39, 0.29) is 24.3 Å². The van der Waals surface area contributed by atoms with Crippen LogP contribution < -0.4 is 15.2 Å². The predicted octanol–water partition coefficient (Wildman–Crippen LogP) is 0.912. The fourth-order valence-corrected chi connectivity index (χ4v) is 1.22. The summed E-state index contributed by atoms with van der Waals surface area (Å²) in [4.78, 5) is 0. The SMILES string of the molecule is Cl.NC[C@H]1COc2ccc(O)cc2O1. The van der Waals surface area contributed by atoms with E-state index >= 15 is 0 Å². The van der Waals surface area contributed by atoms with Gasteiger partial charge in [0.2, 0.25) is 0 Å². The topological polar surface area (TPSA) is 64.7 Å². The van der Waals surface area contributed by atoms with Crippen LogP contribution in [0.15, 0.2) is 18.2 Å². The van der Waals surface area contributed by atoms with Crippen LogP contribution in [0.25, 0.3) is 0 Å². The molecule has 0 saturated carbocycles. The largest absolute Gasteiger partial charge is 0.508 e. The lowest BCUT2D eigenvalue weighted by Gasteiger charge is -2.25. The highest BCUT2D eigenvalue weighted by atomic mass is 35.5. The number of fused-ring (bicyclic) bond motifs is 1. The predicted molar refractivity (Wildman–Crippen MR) is 54.3 cm³/mol. The summed E-state index contributed by atoms with van der Waals surface area (Å²) in [6, 6.07) is 4.76. The number of hydrogen-bond donors (Lipinski definition) is 2. The first-order valence-electron chi connectivity index (χ1n) is 4.12. The fraction of sp³-hybridized carbons (Fsp3) is 0.333. The second-order valence-corrected chi connectivity index (χ2v) is 2.92. The van der Waals surface area contributed by atoms with Crippen molar-refractivity contribution < 1.29 is 14.6 Å². The molecule has 0 radical (unpaired) electrons. The van der Waals surface area contributed by atoms with Crippen LogP contribution in [0.2, 0.25) is 0 Å². The molecule has 0 aromatic heterocycles. The summed E-state index contributed by atoms with van der Waals surface area (Å²) in [5.74, 6) is 1.38. The molecule has 14 heavy (non-hydrogen) atoms. The van der Waals surface area contributed by atoms with Crippen LogP contribution in [0, 0.1) is 0 Å². The summed E-state index contributed by atoms with van der Waals surface area (Å²) in [6.07, 6.45) is -0.116. The Hall–Kier alpha value is -1.13. The third-order valence-corrected chi connectivity index (χ3v) is 1.91. The fourth-order valence-electron chi connectivity index (χ4n) is 1.22. The van der Waals surface area contributed by atoms with E-state index in [0.717, 1.165) is 0 Å². The molecule has 0 spiro atoms. The maximum Gasteiger partial charge on any atom is 0.165 e. The Kier molecular flexibility index (Phi) is 3.43. The van der Waals surface area contributed by atoms with E-state index in [4.69, 9.17) is 15.2 Å². The van der Waals surface area contributed by atoms with Crippen molar-refractivity contribution in [2.45, 2.75) is 6.10 Å².